The second kappa shape index (κ2) is 6.91. The first-order valence-electron chi connectivity index (χ1n) is 7.49. The summed E-state index contributed by atoms with van der Waals surface area (Å²) in [6, 6.07) is 3.23. The number of nitrogens with zero attached hydrogens (tertiary/aromatic N) is 2. The summed E-state index contributed by atoms with van der Waals surface area (Å²) in [4.78, 5) is 16.4. The first kappa shape index (κ1) is 15.7. The summed E-state index contributed by atoms with van der Waals surface area (Å²) in [5, 5.41) is 3.33. The molecule has 0 saturated heterocycles. The summed E-state index contributed by atoms with van der Waals surface area (Å²) in [7, 11) is 0. The van der Waals surface area contributed by atoms with E-state index >= 15 is 0 Å². The summed E-state index contributed by atoms with van der Waals surface area (Å²) in [5.41, 5.74) is 0.455. The summed E-state index contributed by atoms with van der Waals surface area (Å²) in [5.74, 6) is 0.824. The van der Waals surface area contributed by atoms with Crippen LogP contribution in [-0.2, 0) is 6.54 Å². The summed E-state index contributed by atoms with van der Waals surface area (Å²) < 4.78 is 13.1. The SMILES string of the molecule is CC(Cn1ccnc1)NC(=O)c1cc(Cl)c2c(c1)OCCCO2. The maximum atomic E-state index is 12.4. The van der Waals surface area contributed by atoms with Gasteiger partial charge in [0.2, 0.25) is 0 Å². The van der Waals surface area contributed by atoms with Gasteiger partial charge in [0.1, 0.15) is 0 Å². The van der Waals surface area contributed by atoms with Crippen molar-refractivity contribution in [3.05, 3.63) is 41.4 Å². The lowest BCUT2D eigenvalue weighted by Gasteiger charge is -2.16. The molecule has 1 aromatic heterocycles. The third-order valence-corrected chi connectivity index (χ3v) is 3.77. The predicted molar refractivity (Wildman–Crippen MR) is 86.2 cm³/mol. The number of hydrogen-bond donors (Lipinski definition) is 1. The molecule has 23 heavy (non-hydrogen) atoms. The Morgan fingerprint density at radius 1 is 1.43 bits per heavy atom. The van der Waals surface area contributed by atoms with Crippen LogP contribution in [0.15, 0.2) is 30.9 Å². The van der Waals surface area contributed by atoms with Crippen molar-refractivity contribution in [2.24, 2.45) is 0 Å². The molecule has 0 spiro atoms. The average molecular weight is 336 g/mol. The molecule has 7 heteroatoms. The van der Waals surface area contributed by atoms with Crippen LogP contribution in [0, 0.1) is 0 Å². The van der Waals surface area contributed by atoms with E-state index in [2.05, 4.69) is 10.3 Å². The number of imidazole rings is 1. The lowest BCUT2D eigenvalue weighted by molar-refractivity contribution is 0.0936. The van der Waals surface area contributed by atoms with Crippen LogP contribution in [0.2, 0.25) is 5.02 Å². The molecule has 1 amide bonds. The largest absolute Gasteiger partial charge is 0.489 e. The molecule has 0 fully saturated rings. The molecule has 1 aliphatic heterocycles. The highest BCUT2D eigenvalue weighted by Gasteiger charge is 2.19. The molecule has 0 radical (unpaired) electrons. The van der Waals surface area contributed by atoms with Gasteiger partial charge in [-0.1, -0.05) is 11.6 Å². The van der Waals surface area contributed by atoms with Crippen LogP contribution in [0.4, 0.5) is 0 Å². The minimum atomic E-state index is -0.199. The van der Waals surface area contributed by atoms with Gasteiger partial charge in [-0.25, -0.2) is 4.98 Å². The van der Waals surface area contributed by atoms with Gasteiger partial charge in [-0.3, -0.25) is 4.79 Å². The molecule has 1 aromatic carbocycles. The molecule has 3 rings (SSSR count). The zero-order valence-corrected chi connectivity index (χ0v) is 13.5. The van der Waals surface area contributed by atoms with Crippen molar-refractivity contribution in [2.75, 3.05) is 13.2 Å². The number of carbonyl (C=O) groups is 1. The number of amides is 1. The van der Waals surface area contributed by atoms with Crippen molar-refractivity contribution in [1.29, 1.82) is 0 Å². The number of fused-ring (bicyclic) bond motifs is 1. The second-order valence-electron chi connectivity index (χ2n) is 5.47. The Kier molecular flexibility index (Phi) is 4.71. The number of rotatable bonds is 4. The van der Waals surface area contributed by atoms with Crippen LogP contribution < -0.4 is 14.8 Å². The van der Waals surface area contributed by atoms with Crippen molar-refractivity contribution >= 4 is 17.5 Å². The van der Waals surface area contributed by atoms with Crippen LogP contribution in [0.25, 0.3) is 0 Å². The minimum absolute atomic E-state index is 0.0496. The van der Waals surface area contributed by atoms with E-state index in [0.717, 1.165) is 6.42 Å². The first-order valence-corrected chi connectivity index (χ1v) is 7.87. The normalized spacial score (nSPS) is 14.9. The Morgan fingerprint density at radius 2 is 2.26 bits per heavy atom. The molecule has 0 bridgehead atoms. The van der Waals surface area contributed by atoms with E-state index in [1.165, 1.54) is 0 Å². The number of nitrogens with one attached hydrogen (secondary N) is 1. The predicted octanol–water partition coefficient (Wildman–Crippen LogP) is 2.52. The molecule has 2 heterocycles. The fraction of sp³-hybridized carbons (Fsp3) is 0.375. The monoisotopic (exact) mass is 335 g/mol. The van der Waals surface area contributed by atoms with E-state index in [1.807, 2.05) is 17.7 Å². The van der Waals surface area contributed by atoms with Gasteiger partial charge in [0.25, 0.3) is 5.91 Å². The van der Waals surface area contributed by atoms with Gasteiger partial charge in [-0.05, 0) is 19.1 Å². The van der Waals surface area contributed by atoms with Crippen LogP contribution in [0.1, 0.15) is 23.7 Å². The fourth-order valence-electron chi connectivity index (χ4n) is 2.43. The summed E-state index contributed by atoms with van der Waals surface area (Å²) >= 11 is 6.22. The van der Waals surface area contributed by atoms with E-state index in [9.17, 15) is 4.79 Å². The van der Waals surface area contributed by atoms with Gasteiger partial charge >= 0.3 is 0 Å². The molecular weight excluding hydrogens is 318 g/mol. The number of aromatic nitrogens is 2. The zero-order valence-electron chi connectivity index (χ0n) is 12.8. The molecule has 122 valence electrons. The number of halogens is 1. The van der Waals surface area contributed by atoms with E-state index in [0.29, 0.717) is 41.8 Å². The highest BCUT2D eigenvalue weighted by molar-refractivity contribution is 6.32. The molecule has 0 aliphatic carbocycles. The minimum Gasteiger partial charge on any atom is -0.489 e. The molecule has 1 atom stereocenters. The fourth-order valence-corrected chi connectivity index (χ4v) is 2.69. The van der Waals surface area contributed by atoms with Crippen LogP contribution in [0.3, 0.4) is 0 Å². The average Bonchev–Trinajstić information content (AvgIpc) is 2.89. The van der Waals surface area contributed by atoms with Crippen molar-refractivity contribution in [3.63, 3.8) is 0 Å². The summed E-state index contributed by atoms with van der Waals surface area (Å²) in [6.07, 6.45) is 6.06. The van der Waals surface area contributed by atoms with Crippen LogP contribution >= 0.6 is 11.6 Å². The number of ether oxygens (including phenoxy) is 2. The zero-order chi connectivity index (χ0) is 16.2. The molecule has 1 unspecified atom stereocenters. The molecule has 2 aromatic rings. The lowest BCUT2D eigenvalue weighted by atomic mass is 10.1. The van der Waals surface area contributed by atoms with Crippen molar-refractivity contribution in [1.82, 2.24) is 14.9 Å². The first-order chi connectivity index (χ1) is 11.1. The van der Waals surface area contributed by atoms with Gasteiger partial charge in [0.05, 0.1) is 24.6 Å². The summed E-state index contributed by atoms with van der Waals surface area (Å²) in [6.45, 7) is 3.68. The van der Waals surface area contributed by atoms with Gasteiger partial charge in [0.15, 0.2) is 11.5 Å². The Morgan fingerprint density at radius 3 is 3.04 bits per heavy atom. The Balaban J connectivity index is 1.72. The van der Waals surface area contributed by atoms with Crippen LogP contribution in [-0.4, -0.2) is 34.7 Å². The van der Waals surface area contributed by atoms with Crippen LogP contribution in [0.5, 0.6) is 11.5 Å². The highest BCUT2D eigenvalue weighted by Crippen LogP contribution is 2.37. The standard InChI is InChI=1S/C16H18ClN3O3/c1-11(9-20-4-3-18-10-20)19-16(21)12-7-13(17)15-14(8-12)22-5-2-6-23-15/h3-4,7-8,10-11H,2,5-6,9H2,1H3,(H,19,21). The van der Waals surface area contributed by atoms with E-state index in [1.54, 1.807) is 24.7 Å². The Hall–Kier alpha value is -2.21. The van der Waals surface area contributed by atoms with Gasteiger partial charge in [-0.2, -0.15) is 0 Å². The maximum absolute atomic E-state index is 12.4. The van der Waals surface area contributed by atoms with Crippen molar-refractivity contribution < 1.29 is 14.3 Å². The van der Waals surface area contributed by atoms with E-state index in [4.69, 9.17) is 21.1 Å². The highest BCUT2D eigenvalue weighted by atomic mass is 35.5. The smallest absolute Gasteiger partial charge is 0.251 e. The van der Waals surface area contributed by atoms with E-state index < -0.39 is 0 Å². The number of hydrogen-bond acceptors (Lipinski definition) is 4. The molecule has 6 nitrogen and oxygen atoms in total. The van der Waals surface area contributed by atoms with Gasteiger partial charge in [-0.15, -0.1) is 0 Å². The topological polar surface area (TPSA) is 65.4 Å². The van der Waals surface area contributed by atoms with Crippen molar-refractivity contribution in [3.8, 4) is 11.5 Å². The molecule has 0 saturated carbocycles. The Bertz CT molecular complexity index is 688. The van der Waals surface area contributed by atoms with Crippen molar-refractivity contribution in [2.45, 2.75) is 25.9 Å². The lowest BCUT2D eigenvalue weighted by Crippen LogP contribution is -2.35. The van der Waals surface area contributed by atoms with Gasteiger partial charge < -0.3 is 19.4 Å². The number of benzene rings is 1. The third kappa shape index (κ3) is 3.76. The van der Waals surface area contributed by atoms with Gasteiger partial charge in [0, 0.05) is 37.0 Å². The quantitative estimate of drug-likeness (QED) is 0.932. The molecule has 1 N–H and O–H groups in total. The Labute approximate surface area is 139 Å². The van der Waals surface area contributed by atoms with E-state index in [-0.39, 0.29) is 11.9 Å². The second-order valence-corrected chi connectivity index (χ2v) is 5.88. The third-order valence-electron chi connectivity index (χ3n) is 3.49. The molecule has 1 aliphatic rings. The maximum Gasteiger partial charge on any atom is 0.251 e. The molecular formula is C16H18ClN3O3. The number of carbonyl (C=O) groups excluding carboxylic acids is 1.